The van der Waals surface area contributed by atoms with Gasteiger partial charge in [-0.25, -0.2) is 4.68 Å². The zero-order chi connectivity index (χ0) is 13.0. The van der Waals surface area contributed by atoms with E-state index in [-0.39, 0.29) is 18.5 Å². The molecule has 1 aromatic rings. The minimum Gasteiger partial charge on any atom is -0.481 e. The summed E-state index contributed by atoms with van der Waals surface area (Å²) in [5.41, 5.74) is -0.00168. The second-order valence-electron chi connectivity index (χ2n) is 3.36. The molecular formula is C9H11F2N3O3. The average Bonchev–Trinajstić information content (AvgIpc) is 2.73. The molecule has 1 heterocycles. The van der Waals surface area contributed by atoms with Crippen LogP contribution in [-0.2, 0) is 4.79 Å². The lowest BCUT2D eigenvalue weighted by Crippen LogP contribution is -2.28. The molecule has 1 rings (SSSR count). The summed E-state index contributed by atoms with van der Waals surface area (Å²) in [7, 11) is 1.39. The van der Waals surface area contributed by atoms with E-state index >= 15 is 0 Å². The van der Waals surface area contributed by atoms with E-state index in [0.29, 0.717) is 4.68 Å². The number of hydrogen-bond donors (Lipinski definition) is 1. The van der Waals surface area contributed by atoms with Crippen LogP contribution < -0.4 is 0 Å². The van der Waals surface area contributed by atoms with E-state index in [0.717, 1.165) is 17.3 Å². The zero-order valence-electron chi connectivity index (χ0n) is 9.01. The first-order valence-corrected chi connectivity index (χ1v) is 4.71. The quantitative estimate of drug-likeness (QED) is 0.836. The summed E-state index contributed by atoms with van der Waals surface area (Å²) in [6, 6.07) is 0. The van der Waals surface area contributed by atoms with Crippen LogP contribution in [0.5, 0.6) is 0 Å². The number of carboxylic acids is 1. The summed E-state index contributed by atoms with van der Waals surface area (Å²) in [6.07, 6.45) is 1.74. The molecule has 0 saturated carbocycles. The van der Waals surface area contributed by atoms with E-state index in [1.165, 1.54) is 7.05 Å². The highest BCUT2D eigenvalue weighted by Gasteiger charge is 2.16. The van der Waals surface area contributed by atoms with Gasteiger partial charge in [0.1, 0.15) is 0 Å². The highest BCUT2D eigenvalue weighted by molar-refractivity contribution is 5.93. The van der Waals surface area contributed by atoms with Crippen molar-refractivity contribution >= 4 is 11.9 Å². The highest BCUT2D eigenvalue weighted by Crippen LogP contribution is 2.10. The van der Waals surface area contributed by atoms with Gasteiger partial charge in [-0.3, -0.25) is 9.59 Å². The average molecular weight is 247 g/mol. The van der Waals surface area contributed by atoms with Crippen LogP contribution in [0.3, 0.4) is 0 Å². The molecule has 0 unspecified atom stereocenters. The van der Waals surface area contributed by atoms with E-state index in [4.69, 9.17) is 5.11 Å². The lowest BCUT2D eigenvalue weighted by Gasteiger charge is -2.14. The van der Waals surface area contributed by atoms with E-state index < -0.39 is 18.4 Å². The molecule has 0 aliphatic carbocycles. The van der Waals surface area contributed by atoms with Crippen LogP contribution >= 0.6 is 0 Å². The van der Waals surface area contributed by atoms with Crippen LogP contribution in [-0.4, -0.2) is 45.3 Å². The smallest absolute Gasteiger partial charge is 0.333 e. The molecule has 17 heavy (non-hydrogen) atoms. The first-order valence-electron chi connectivity index (χ1n) is 4.71. The summed E-state index contributed by atoms with van der Waals surface area (Å²) in [6.45, 7) is -2.80. The van der Waals surface area contributed by atoms with Gasteiger partial charge in [-0.05, 0) is 0 Å². The van der Waals surface area contributed by atoms with Gasteiger partial charge in [0.05, 0.1) is 18.2 Å². The third-order valence-electron chi connectivity index (χ3n) is 2.06. The van der Waals surface area contributed by atoms with Crippen LogP contribution in [0.15, 0.2) is 12.4 Å². The highest BCUT2D eigenvalue weighted by atomic mass is 19.3. The second-order valence-corrected chi connectivity index (χ2v) is 3.36. The Morgan fingerprint density at radius 3 is 2.71 bits per heavy atom. The summed E-state index contributed by atoms with van der Waals surface area (Å²) in [5.74, 6) is -1.58. The SMILES string of the molecule is CN(CCC(=O)O)C(=O)c1cnn(C(F)F)c1. The molecule has 1 aromatic heterocycles. The number of carboxylic acid groups (broad SMARTS) is 1. The Hall–Kier alpha value is -1.99. The maximum atomic E-state index is 12.2. The van der Waals surface area contributed by atoms with E-state index in [1.54, 1.807) is 0 Å². The maximum Gasteiger partial charge on any atom is 0.333 e. The molecule has 6 nitrogen and oxygen atoms in total. The molecule has 1 N–H and O–H groups in total. The minimum atomic E-state index is -2.80. The Morgan fingerprint density at radius 1 is 1.59 bits per heavy atom. The van der Waals surface area contributed by atoms with Crippen molar-refractivity contribution < 1.29 is 23.5 Å². The lowest BCUT2D eigenvalue weighted by molar-refractivity contribution is -0.137. The molecule has 1 amide bonds. The van der Waals surface area contributed by atoms with Crippen molar-refractivity contribution in [2.24, 2.45) is 0 Å². The van der Waals surface area contributed by atoms with Crippen LogP contribution in [0.1, 0.15) is 23.3 Å². The van der Waals surface area contributed by atoms with Crippen LogP contribution in [0.25, 0.3) is 0 Å². The summed E-state index contributed by atoms with van der Waals surface area (Å²) >= 11 is 0. The van der Waals surface area contributed by atoms with Crippen molar-refractivity contribution in [2.75, 3.05) is 13.6 Å². The van der Waals surface area contributed by atoms with Gasteiger partial charge in [-0.15, -0.1) is 0 Å². The van der Waals surface area contributed by atoms with E-state index in [9.17, 15) is 18.4 Å². The number of hydrogen-bond acceptors (Lipinski definition) is 3. The molecule has 0 aliphatic heterocycles. The summed E-state index contributed by atoms with van der Waals surface area (Å²) in [5, 5.41) is 11.8. The van der Waals surface area contributed by atoms with Gasteiger partial charge in [-0.2, -0.15) is 13.9 Å². The number of carbonyl (C=O) groups excluding carboxylic acids is 1. The molecule has 0 radical (unpaired) electrons. The molecule has 0 aromatic carbocycles. The molecule has 0 aliphatic rings. The van der Waals surface area contributed by atoms with Gasteiger partial charge >= 0.3 is 12.5 Å². The fourth-order valence-electron chi connectivity index (χ4n) is 1.14. The number of halogens is 2. The molecule has 8 heteroatoms. The molecule has 0 bridgehead atoms. The number of carbonyl (C=O) groups is 2. The van der Waals surface area contributed by atoms with Crippen molar-refractivity contribution in [3.05, 3.63) is 18.0 Å². The van der Waals surface area contributed by atoms with Crippen molar-refractivity contribution in [1.29, 1.82) is 0 Å². The van der Waals surface area contributed by atoms with Crippen LogP contribution in [0.4, 0.5) is 8.78 Å². The fourth-order valence-corrected chi connectivity index (χ4v) is 1.14. The molecule has 0 saturated heterocycles. The Morgan fingerprint density at radius 2 is 2.24 bits per heavy atom. The van der Waals surface area contributed by atoms with Gasteiger partial charge < -0.3 is 10.0 Å². The van der Waals surface area contributed by atoms with Gasteiger partial charge in [0.25, 0.3) is 5.91 Å². The van der Waals surface area contributed by atoms with Crippen molar-refractivity contribution in [1.82, 2.24) is 14.7 Å². The molecule has 0 atom stereocenters. The predicted octanol–water partition coefficient (Wildman–Crippen LogP) is 0.825. The number of alkyl halides is 2. The second kappa shape index (κ2) is 5.37. The van der Waals surface area contributed by atoms with Crippen molar-refractivity contribution in [2.45, 2.75) is 13.0 Å². The van der Waals surface area contributed by atoms with Crippen molar-refractivity contribution in [3.63, 3.8) is 0 Å². The zero-order valence-corrected chi connectivity index (χ0v) is 9.01. The number of aromatic nitrogens is 2. The van der Waals surface area contributed by atoms with Gasteiger partial charge in [-0.1, -0.05) is 0 Å². The normalized spacial score (nSPS) is 10.6. The molecular weight excluding hydrogens is 236 g/mol. The Bertz CT molecular complexity index is 419. The van der Waals surface area contributed by atoms with Gasteiger partial charge in [0, 0.05) is 19.8 Å². The van der Waals surface area contributed by atoms with Gasteiger partial charge in [0.15, 0.2) is 0 Å². The Kier molecular flexibility index (Phi) is 4.13. The number of amides is 1. The summed E-state index contributed by atoms with van der Waals surface area (Å²) < 4.78 is 24.8. The standard InChI is InChI=1S/C9H11F2N3O3/c1-13(3-2-7(15)16)8(17)6-4-12-14(5-6)9(10)11/h4-5,9H,2-3H2,1H3,(H,15,16). The number of aliphatic carboxylic acids is 1. The van der Waals surface area contributed by atoms with E-state index in [2.05, 4.69) is 5.10 Å². The topological polar surface area (TPSA) is 75.4 Å². The maximum absolute atomic E-state index is 12.2. The fraction of sp³-hybridized carbons (Fsp3) is 0.444. The Balaban J connectivity index is 2.64. The third-order valence-corrected chi connectivity index (χ3v) is 2.06. The largest absolute Gasteiger partial charge is 0.481 e. The molecule has 94 valence electrons. The minimum absolute atomic E-state index is 0.00168. The van der Waals surface area contributed by atoms with E-state index in [1.807, 2.05) is 0 Å². The van der Waals surface area contributed by atoms with Crippen molar-refractivity contribution in [3.8, 4) is 0 Å². The predicted molar refractivity (Wildman–Crippen MR) is 52.7 cm³/mol. The van der Waals surface area contributed by atoms with Crippen LogP contribution in [0.2, 0.25) is 0 Å². The van der Waals surface area contributed by atoms with Crippen LogP contribution in [0, 0.1) is 0 Å². The monoisotopic (exact) mass is 247 g/mol. The third kappa shape index (κ3) is 3.51. The van der Waals surface area contributed by atoms with Gasteiger partial charge in [0.2, 0.25) is 0 Å². The summed E-state index contributed by atoms with van der Waals surface area (Å²) in [4.78, 5) is 23.1. The lowest BCUT2D eigenvalue weighted by atomic mass is 10.3. The first-order chi connectivity index (χ1) is 7.91. The number of nitrogens with zero attached hydrogens (tertiary/aromatic N) is 3. The number of rotatable bonds is 5. The first kappa shape index (κ1) is 13.1. The molecule has 0 spiro atoms. The molecule has 0 fully saturated rings. The Labute approximate surface area is 95.4 Å².